The van der Waals surface area contributed by atoms with Crippen LogP contribution in [-0.2, 0) is 4.79 Å². The van der Waals surface area contributed by atoms with E-state index in [1.807, 2.05) is 6.07 Å². The van der Waals surface area contributed by atoms with Crippen LogP contribution in [0.15, 0.2) is 55.3 Å². The average molecular weight is 361 g/mol. The maximum atomic E-state index is 12.7. The van der Waals surface area contributed by atoms with Crippen LogP contribution in [0.2, 0.25) is 0 Å². The van der Waals surface area contributed by atoms with Gasteiger partial charge in [0.05, 0.1) is 5.56 Å². The molecule has 27 heavy (non-hydrogen) atoms. The minimum absolute atomic E-state index is 0.0475. The Morgan fingerprint density at radius 1 is 1.26 bits per heavy atom. The summed E-state index contributed by atoms with van der Waals surface area (Å²) in [4.78, 5) is 30.0. The van der Waals surface area contributed by atoms with Crippen molar-refractivity contribution in [2.75, 3.05) is 23.7 Å². The fraction of sp³-hybridized carbons (Fsp3) is 0.200. The largest absolute Gasteiger partial charge is 0.365 e. The Hall–Kier alpha value is -3.66. The quantitative estimate of drug-likeness (QED) is 0.797. The molecule has 1 aliphatic heterocycles. The lowest BCUT2D eigenvalue weighted by molar-refractivity contribution is -0.111. The molecule has 1 saturated heterocycles. The fourth-order valence-corrected chi connectivity index (χ4v) is 2.89. The summed E-state index contributed by atoms with van der Waals surface area (Å²) < 4.78 is 0. The third-order valence-corrected chi connectivity index (χ3v) is 4.30. The van der Waals surface area contributed by atoms with Crippen LogP contribution in [0.1, 0.15) is 22.3 Å². The van der Waals surface area contributed by atoms with Crippen LogP contribution < -0.4 is 10.6 Å². The van der Waals surface area contributed by atoms with Crippen LogP contribution in [0, 0.1) is 11.3 Å². The maximum Gasteiger partial charge on any atom is 0.253 e. The van der Waals surface area contributed by atoms with E-state index in [4.69, 9.17) is 5.26 Å². The van der Waals surface area contributed by atoms with Crippen molar-refractivity contribution in [3.05, 3.63) is 66.4 Å². The highest BCUT2D eigenvalue weighted by Crippen LogP contribution is 2.18. The third kappa shape index (κ3) is 4.50. The number of aromatic nitrogens is 1. The molecule has 136 valence electrons. The molecule has 2 N–H and O–H groups in total. The molecule has 0 saturated carbocycles. The van der Waals surface area contributed by atoms with E-state index >= 15 is 0 Å². The molecule has 0 aliphatic carbocycles. The van der Waals surface area contributed by atoms with Gasteiger partial charge in [-0.2, -0.15) is 5.26 Å². The number of amides is 2. The van der Waals surface area contributed by atoms with E-state index in [1.54, 1.807) is 41.3 Å². The summed E-state index contributed by atoms with van der Waals surface area (Å²) >= 11 is 0. The molecule has 0 spiro atoms. The van der Waals surface area contributed by atoms with Crippen LogP contribution in [0.3, 0.4) is 0 Å². The molecule has 7 heteroatoms. The van der Waals surface area contributed by atoms with Gasteiger partial charge in [0.1, 0.15) is 11.9 Å². The van der Waals surface area contributed by atoms with Crippen LogP contribution >= 0.6 is 0 Å². The van der Waals surface area contributed by atoms with Gasteiger partial charge in [0.15, 0.2) is 0 Å². The molecule has 2 heterocycles. The maximum absolute atomic E-state index is 12.7. The molecular weight excluding hydrogens is 342 g/mol. The summed E-state index contributed by atoms with van der Waals surface area (Å²) in [7, 11) is 0. The van der Waals surface area contributed by atoms with Crippen molar-refractivity contribution >= 4 is 23.3 Å². The number of hydrogen-bond acceptors (Lipinski definition) is 5. The van der Waals surface area contributed by atoms with E-state index in [2.05, 4.69) is 22.2 Å². The number of nitriles is 1. The Bertz CT molecular complexity index is 884. The third-order valence-electron chi connectivity index (χ3n) is 4.30. The molecule has 3 rings (SSSR count). The zero-order valence-electron chi connectivity index (χ0n) is 14.7. The number of carbonyl (C=O) groups is 2. The van der Waals surface area contributed by atoms with Crippen LogP contribution in [0.25, 0.3) is 0 Å². The average Bonchev–Trinajstić information content (AvgIpc) is 3.17. The zero-order chi connectivity index (χ0) is 19.2. The second-order valence-electron chi connectivity index (χ2n) is 6.20. The second kappa shape index (κ2) is 8.15. The summed E-state index contributed by atoms with van der Waals surface area (Å²) in [6.45, 7) is 4.64. The minimum Gasteiger partial charge on any atom is -0.365 e. The Morgan fingerprint density at radius 3 is 2.67 bits per heavy atom. The summed E-state index contributed by atoms with van der Waals surface area (Å²) in [6.07, 6.45) is 3.53. The molecule has 0 bridgehead atoms. The molecule has 1 aliphatic rings. The van der Waals surface area contributed by atoms with E-state index in [-0.39, 0.29) is 17.9 Å². The lowest BCUT2D eigenvalue weighted by atomic mass is 10.2. The summed E-state index contributed by atoms with van der Waals surface area (Å²) in [5.41, 5.74) is 1.70. The summed E-state index contributed by atoms with van der Waals surface area (Å²) in [6, 6.07) is 12.4. The molecule has 1 fully saturated rings. The van der Waals surface area contributed by atoms with E-state index in [0.717, 1.165) is 6.42 Å². The predicted molar refractivity (Wildman–Crippen MR) is 102 cm³/mol. The molecule has 0 radical (unpaired) electrons. The highest BCUT2D eigenvalue weighted by Gasteiger charge is 2.27. The number of nitrogens with one attached hydrogen (secondary N) is 2. The molecular formula is C20H19N5O2. The van der Waals surface area contributed by atoms with Crippen molar-refractivity contribution in [2.45, 2.75) is 12.5 Å². The topological polar surface area (TPSA) is 98.1 Å². The second-order valence-corrected chi connectivity index (χ2v) is 6.20. The SMILES string of the molecule is C=CC(=O)Nc1ccc(C(=O)N2CCC(Nc3ccc(C#N)cn3)C2)cc1. The minimum atomic E-state index is -0.293. The number of likely N-dealkylation sites (tertiary alicyclic amines) is 1. The number of benzene rings is 1. The molecule has 1 unspecified atom stereocenters. The van der Waals surface area contributed by atoms with E-state index in [0.29, 0.717) is 35.7 Å². The Labute approximate surface area is 157 Å². The highest BCUT2D eigenvalue weighted by atomic mass is 16.2. The highest BCUT2D eigenvalue weighted by molar-refractivity contribution is 5.99. The molecule has 1 atom stereocenters. The number of hydrogen-bond donors (Lipinski definition) is 2. The van der Waals surface area contributed by atoms with Crippen molar-refractivity contribution in [3.63, 3.8) is 0 Å². The monoisotopic (exact) mass is 361 g/mol. The lowest BCUT2D eigenvalue weighted by Gasteiger charge is -2.17. The van der Waals surface area contributed by atoms with Crippen molar-refractivity contribution in [3.8, 4) is 6.07 Å². The Balaban J connectivity index is 1.57. The van der Waals surface area contributed by atoms with Crippen molar-refractivity contribution in [1.29, 1.82) is 5.26 Å². The molecule has 2 aromatic rings. The van der Waals surface area contributed by atoms with Gasteiger partial charge < -0.3 is 15.5 Å². The Kier molecular flexibility index (Phi) is 5.47. The van der Waals surface area contributed by atoms with Gasteiger partial charge in [-0.25, -0.2) is 4.98 Å². The van der Waals surface area contributed by atoms with Gasteiger partial charge >= 0.3 is 0 Å². The number of rotatable bonds is 5. The molecule has 1 aromatic carbocycles. The van der Waals surface area contributed by atoms with E-state index < -0.39 is 0 Å². The van der Waals surface area contributed by atoms with Crippen LogP contribution in [0.4, 0.5) is 11.5 Å². The van der Waals surface area contributed by atoms with E-state index in [1.165, 1.54) is 12.3 Å². The van der Waals surface area contributed by atoms with Crippen LogP contribution in [-0.4, -0.2) is 40.8 Å². The standard InChI is InChI=1S/C20H19N5O2/c1-2-19(26)24-16-6-4-15(5-7-16)20(27)25-10-9-17(13-25)23-18-8-3-14(11-21)12-22-18/h2-8,12,17H,1,9-10,13H2,(H,22,23)(H,24,26). The lowest BCUT2D eigenvalue weighted by Crippen LogP contribution is -2.31. The van der Waals surface area contributed by atoms with Gasteiger partial charge in [-0.3, -0.25) is 9.59 Å². The van der Waals surface area contributed by atoms with Gasteiger partial charge in [-0.05, 0) is 48.9 Å². The molecule has 2 amide bonds. The normalized spacial score (nSPS) is 15.7. The van der Waals surface area contributed by atoms with Gasteiger partial charge in [0, 0.05) is 36.6 Å². The smallest absolute Gasteiger partial charge is 0.253 e. The number of anilines is 2. The predicted octanol–water partition coefficient (Wildman–Crippen LogP) is 2.40. The van der Waals surface area contributed by atoms with Gasteiger partial charge in [-0.1, -0.05) is 6.58 Å². The number of carbonyl (C=O) groups excluding carboxylic acids is 2. The van der Waals surface area contributed by atoms with Gasteiger partial charge in [-0.15, -0.1) is 0 Å². The summed E-state index contributed by atoms with van der Waals surface area (Å²) in [5, 5.41) is 14.8. The first-order valence-electron chi connectivity index (χ1n) is 8.54. The molecule has 7 nitrogen and oxygen atoms in total. The first-order chi connectivity index (χ1) is 13.1. The van der Waals surface area contributed by atoms with Crippen LogP contribution in [0.5, 0.6) is 0 Å². The summed E-state index contributed by atoms with van der Waals surface area (Å²) in [5.74, 6) is 0.350. The van der Waals surface area contributed by atoms with Gasteiger partial charge in [0.25, 0.3) is 5.91 Å². The first kappa shape index (κ1) is 18.1. The van der Waals surface area contributed by atoms with Crippen molar-refractivity contribution < 1.29 is 9.59 Å². The zero-order valence-corrected chi connectivity index (χ0v) is 14.7. The molecule has 1 aromatic heterocycles. The fourth-order valence-electron chi connectivity index (χ4n) is 2.89. The first-order valence-corrected chi connectivity index (χ1v) is 8.54. The van der Waals surface area contributed by atoms with Gasteiger partial charge in [0.2, 0.25) is 5.91 Å². The van der Waals surface area contributed by atoms with E-state index in [9.17, 15) is 9.59 Å². The Morgan fingerprint density at radius 2 is 2.04 bits per heavy atom. The van der Waals surface area contributed by atoms with Crippen molar-refractivity contribution in [2.24, 2.45) is 0 Å². The van der Waals surface area contributed by atoms with Crippen molar-refractivity contribution in [1.82, 2.24) is 9.88 Å². The number of nitrogens with zero attached hydrogens (tertiary/aromatic N) is 3. The number of pyridine rings is 1.